The van der Waals surface area contributed by atoms with Crippen molar-refractivity contribution in [3.63, 3.8) is 0 Å². The van der Waals surface area contributed by atoms with Gasteiger partial charge in [0, 0.05) is 45.0 Å². The summed E-state index contributed by atoms with van der Waals surface area (Å²) in [7, 11) is 0. The van der Waals surface area contributed by atoms with Crippen molar-refractivity contribution in [3.8, 4) is 0 Å². The third-order valence-corrected chi connectivity index (χ3v) is 4.42. The number of nitrogens with zero attached hydrogens (tertiary/aromatic N) is 3. The SMILES string of the molecule is O=C(CN1CCN(c2ccccn2)CC1)NCC1CCCN1. The van der Waals surface area contributed by atoms with Crippen LogP contribution < -0.4 is 15.5 Å². The molecule has 2 aliphatic heterocycles. The predicted molar refractivity (Wildman–Crippen MR) is 86.9 cm³/mol. The maximum absolute atomic E-state index is 12.0. The van der Waals surface area contributed by atoms with Crippen LogP contribution in [-0.4, -0.2) is 67.6 Å². The molecule has 2 saturated heterocycles. The van der Waals surface area contributed by atoms with Crippen LogP contribution in [0, 0.1) is 0 Å². The molecule has 0 spiro atoms. The van der Waals surface area contributed by atoms with E-state index in [0.29, 0.717) is 12.6 Å². The Bertz CT molecular complexity index is 467. The van der Waals surface area contributed by atoms with Gasteiger partial charge in [-0.15, -0.1) is 0 Å². The van der Waals surface area contributed by atoms with Crippen molar-refractivity contribution in [2.75, 3.05) is 50.7 Å². The lowest BCUT2D eigenvalue weighted by Gasteiger charge is -2.35. The maximum atomic E-state index is 12.0. The standard InChI is InChI=1S/C16H25N5O/c22-16(19-12-14-4-3-7-17-14)13-20-8-10-21(11-9-20)15-5-1-2-6-18-15/h1-2,5-6,14,17H,3-4,7-13H2,(H,19,22). The number of nitrogens with one attached hydrogen (secondary N) is 2. The Morgan fingerprint density at radius 3 is 2.86 bits per heavy atom. The van der Waals surface area contributed by atoms with Crippen molar-refractivity contribution in [2.24, 2.45) is 0 Å². The van der Waals surface area contributed by atoms with Gasteiger partial charge in [-0.25, -0.2) is 4.98 Å². The molecule has 0 aromatic carbocycles. The van der Waals surface area contributed by atoms with Crippen molar-refractivity contribution in [3.05, 3.63) is 24.4 Å². The fraction of sp³-hybridized carbons (Fsp3) is 0.625. The smallest absolute Gasteiger partial charge is 0.234 e. The molecule has 6 nitrogen and oxygen atoms in total. The molecule has 0 radical (unpaired) electrons. The molecule has 2 fully saturated rings. The molecule has 0 aliphatic carbocycles. The summed E-state index contributed by atoms with van der Waals surface area (Å²) in [5, 5.41) is 6.44. The van der Waals surface area contributed by atoms with Gasteiger partial charge in [0.15, 0.2) is 0 Å². The van der Waals surface area contributed by atoms with E-state index in [1.165, 1.54) is 12.8 Å². The number of hydrogen-bond acceptors (Lipinski definition) is 5. The number of pyridine rings is 1. The molecule has 1 aromatic heterocycles. The summed E-state index contributed by atoms with van der Waals surface area (Å²) in [6.45, 7) is 6.01. The molecular formula is C16H25N5O. The summed E-state index contributed by atoms with van der Waals surface area (Å²) in [6, 6.07) is 6.45. The van der Waals surface area contributed by atoms with E-state index in [9.17, 15) is 4.79 Å². The Labute approximate surface area is 131 Å². The molecule has 3 rings (SSSR count). The van der Waals surface area contributed by atoms with E-state index in [-0.39, 0.29) is 5.91 Å². The van der Waals surface area contributed by atoms with Crippen molar-refractivity contribution in [1.29, 1.82) is 0 Å². The molecule has 3 heterocycles. The van der Waals surface area contributed by atoms with Crippen LogP contribution in [0.1, 0.15) is 12.8 Å². The third-order valence-electron chi connectivity index (χ3n) is 4.42. The van der Waals surface area contributed by atoms with E-state index in [1.807, 2.05) is 24.4 Å². The number of anilines is 1. The highest BCUT2D eigenvalue weighted by molar-refractivity contribution is 5.78. The minimum absolute atomic E-state index is 0.139. The summed E-state index contributed by atoms with van der Waals surface area (Å²) in [6.07, 6.45) is 4.21. The molecule has 1 unspecified atom stereocenters. The monoisotopic (exact) mass is 303 g/mol. The molecule has 0 saturated carbocycles. The fourth-order valence-corrected chi connectivity index (χ4v) is 3.10. The van der Waals surface area contributed by atoms with Crippen LogP contribution in [0.3, 0.4) is 0 Å². The Balaban J connectivity index is 1.37. The zero-order chi connectivity index (χ0) is 15.2. The Hall–Kier alpha value is -1.66. The number of piperazine rings is 1. The second kappa shape index (κ2) is 7.56. The highest BCUT2D eigenvalue weighted by atomic mass is 16.2. The summed E-state index contributed by atoms with van der Waals surface area (Å²) >= 11 is 0. The second-order valence-corrected chi connectivity index (χ2v) is 6.05. The van der Waals surface area contributed by atoms with Gasteiger partial charge in [-0.1, -0.05) is 6.07 Å². The van der Waals surface area contributed by atoms with E-state index >= 15 is 0 Å². The summed E-state index contributed by atoms with van der Waals surface area (Å²) in [5.74, 6) is 1.17. The Kier molecular flexibility index (Phi) is 5.24. The van der Waals surface area contributed by atoms with Crippen LogP contribution >= 0.6 is 0 Å². The first kappa shape index (κ1) is 15.2. The lowest BCUT2D eigenvalue weighted by atomic mass is 10.2. The number of hydrogen-bond donors (Lipinski definition) is 2. The maximum Gasteiger partial charge on any atom is 0.234 e. The normalized spacial score (nSPS) is 22.7. The first-order valence-electron chi connectivity index (χ1n) is 8.20. The molecule has 1 atom stereocenters. The number of rotatable bonds is 5. The minimum atomic E-state index is 0.139. The van der Waals surface area contributed by atoms with Gasteiger partial charge in [0.2, 0.25) is 5.91 Å². The molecule has 2 N–H and O–H groups in total. The van der Waals surface area contributed by atoms with E-state index in [4.69, 9.17) is 0 Å². The van der Waals surface area contributed by atoms with Crippen LogP contribution in [0.5, 0.6) is 0 Å². The van der Waals surface area contributed by atoms with Gasteiger partial charge in [0.05, 0.1) is 6.54 Å². The van der Waals surface area contributed by atoms with Crippen LogP contribution in [0.4, 0.5) is 5.82 Å². The van der Waals surface area contributed by atoms with Gasteiger partial charge in [-0.2, -0.15) is 0 Å². The molecule has 2 aliphatic rings. The zero-order valence-electron chi connectivity index (χ0n) is 13.0. The first-order chi connectivity index (χ1) is 10.8. The lowest BCUT2D eigenvalue weighted by molar-refractivity contribution is -0.122. The van der Waals surface area contributed by atoms with Crippen molar-refractivity contribution >= 4 is 11.7 Å². The van der Waals surface area contributed by atoms with Gasteiger partial charge >= 0.3 is 0 Å². The molecule has 120 valence electrons. The van der Waals surface area contributed by atoms with Gasteiger partial charge in [-0.3, -0.25) is 9.69 Å². The number of aromatic nitrogens is 1. The largest absolute Gasteiger partial charge is 0.354 e. The van der Waals surface area contributed by atoms with Gasteiger partial charge in [0.1, 0.15) is 5.82 Å². The van der Waals surface area contributed by atoms with E-state index in [1.54, 1.807) is 0 Å². The minimum Gasteiger partial charge on any atom is -0.354 e. The van der Waals surface area contributed by atoms with E-state index < -0.39 is 0 Å². The van der Waals surface area contributed by atoms with Crippen LogP contribution in [0.15, 0.2) is 24.4 Å². The van der Waals surface area contributed by atoms with Gasteiger partial charge in [-0.05, 0) is 31.5 Å². The fourth-order valence-electron chi connectivity index (χ4n) is 3.10. The van der Waals surface area contributed by atoms with Crippen LogP contribution in [0.2, 0.25) is 0 Å². The highest BCUT2D eigenvalue weighted by Gasteiger charge is 2.20. The average molecular weight is 303 g/mol. The Morgan fingerprint density at radius 2 is 2.18 bits per heavy atom. The molecule has 0 bridgehead atoms. The number of carbonyl (C=O) groups is 1. The first-order valence-corrected chi connectivity index (χ1v) is 8.20. The van der Waals surface area contributed by atoms with Gasteiger partial charge in [0.25, 0.3) is 0 Å². The van der Waals surface area contributed by atoms with Crippen molar-refractivity contribution in [1.82, 2.24) is 20.5 Å². The quantitative estimate of drug-likeness (QED) is 0.806. The molecule has 1 aromatic rings. The summed E-state index contributed by atoms with van der Waals surface area (Å²) in [4.78, 5) is 20.9. The average Bonchev–Trinajstić information content (AvgIpc) is 3.08. The van der Waals surface area contributed by atoms with Crippen LogP contribution in [0.25, 0.3) is 0 Å². The topological polar surface area (TPSA) is 60.5 Å². The zero-order valence-corrected chi connectivity index (χ0v) is 13.0. The Morgan fingerprint density at radius 1 is 1.32 bits per heavy atom. The number of carbonyl (C=O) groups excluding carboxylic acids is 1. The number of amides is 1. The molecule has 22 heavy (non-hydrogen) atoms. The van der Waals surface area contributed by atoms with Crippen LogP contribution in [-0.2, 0) is 4.79 Å². The van der Waals surface area contributed by atoms with Crippen molar-refractivity contribution < 1.29 is 4.79 Å². The molecule has 1 amide bonds. The summed E-state index contributed by atoms with van der Waals surface area (Å²) in [5.41, 5.74) is 0. The van der Waals surface area contributed by atoms with Crippen molar-refractivity contribution in [2.45, 2.75) is 18.9 Å². The third kappa shape index (κ3) is 4.18. The van der Waals surface area contributed by atoms with E-state index in [2.05, 4.69) is 25.4 Å². The highest BCUT2D eigenvalue weighted by Crippen LogP contribution is 2.12. The van der Waals surface area contributed by atoms with Gasteiger partial charge < -0.3 is 15.5 Å². The van der Waals surface area contributed by atoms with E-state index in [0.717, 1.165) is 45.1 Å². The predicted octanol–water partition coefficient (Wildman–Crippen LogP) is 0.0718. The summed E-state index contributed by atoms with van der Waals surface area (Å²) < 4.78 is 0. The second-order valence-electron chi connectivity index (χ2n) is 6.05. The molecule has 6 heteroatoms. The molecular weight excluding hydrogens is 278 g/mol. The lowest BCUT2D eigenvalue weighted by Crippen LogP contribution is -2.50.